The molecule has 132 valence electrons. The van der Waals surface area contributed by atoms with Gasteiger partial charge in [-0.25, -0.2) is 5.43 Å². The van der Waals surface area contributed by atoms with Crippen LogP contribution in [0.5, 0.6) is 5.75 Å². The van der Waals surface area contributed by atoms with E-state index in [0.717, 1.165) is 24.1 Å². The first kappa shape index (κ1) is 19.3. The molecule has 0 bridgehead atoms. The molecule has 0 fully saturated rings. The molecule has 4 nitrogen and oxygen atoms in total. The first-order chi connectivity index (χ1) is 12.0. The Labute approximate surface area is 157 Å². The van der Waals surface area contributed by atoms with Crippen molar-refractivity contribution in [2.45, 2.75) is 26.7 Å². The number of amides is 1. The molecule has 1 N–H and O–H groups in total. The third kappa shape index (κ3) is 6.07. The average molecular weight is 379 g/mol. The molecule has 0 aromatic heterocycles. The Morgan fingerprint density at radius 1 is 1.16 bits per heavy atom. The second kappa shape index (κ2) is 9.44. The number of hydrogen-bond acceptors (Lipinski definition) is 3. The standard InChI is InChI=1S/C19H20Cl2N2O2/c1-3-4-14-5-7-15(8-6-14)13(2)22-23-19(24)12-25-18-10-9-16(20)11-17(18)21/h5-11H,3-4,12H2,1-2H3,(H,23,24)/b22-13+. The summed E-state index contributed by atoms with van der Waals surface area (Å²) >= 11 is 11.8. The summed E-state index contributed by atoms with van der Waals surface area (Å²) in [6.45, 7) is 3.80. The topological polar surface area (TPSA) is 50.7 Å². The first-order valence-corrected chi connectivity index (χ1v) is 8.75. The monoisotopic (exact) mass is 378 g/mol. The van der Waals surface area contributed by atoms with Crippen LogP contribution in [0.25, 0.3) is 0 Å². The summed E-state index contributed by atoms with van der Waals surface area (Å²) in [5, 5.41) is 4.96. The molecule has 0 radical (unpaired) electrons. The molecule has 2 aromatic carbocycles. The number of nitrogens with one attached hydrogen (secondary N) is 1. The number of carbonyl (C=O) groups excluding carboxylic acids is 1. The van der Waals surface area contributed by atoms with Crippen molar-refractivity contribution in [2.24, 2.45) is 5.10 Å². The van der Waals surface area contributed by atoms with Crippen LogP contribution >= 0.6 is 23.2 Å². The zero-order chi connectivity index (χ0) is 18.2. The van der Waals surface area contributed by atoms with Gasteiger partial charge < -0.3 is 4.74 Å². The molecule has 1 amide bonds. The highest BCUT2D eigenvalue weighted by Gasteiger charge is 2.06. The van der Waals surface area contributed by atoms with Crippen molar-refractivity contribution in [3.63, 3.8) is 0 Å². The van der Waals surface area contributed by atoms with Crippen LogP contribution < -0.4 is 10.2 Å². The van der Waals surface area contributed by atoms with Gasteiger partial charge in [0.25, 0.3) is 5.91 Å². The summed E-state index contributed by atoms with van der Waals surface area (Å²) in [6.07, 6.45) is 2.16. The largest absolute Gasteiger partial charge is 0.482 e. The lowest BCUT2D eigenvalue weighted by Crippen LogP contribution is -2.25. The molecule has 0 aliphatic carbocycles. The first-order valence-electron chi connectivity index (χ1n) is 8.00. The quantitative estimate of drug-likeness (QED) is 0.552. The summed E-state index contributed by atoms with van der Waals surface area (Å²) in [6, 6.07) is 13.0. The van der Waals surface area contributed by atoms with Gasteiger partial charge in [-0.15, -0.1) is 0 Å². The highest BCUT2D eigenvalue weighted by molar-refractivity contribution is 6.35. The van der Waals surface area contributed by atoms with Crippen molar-refractivity contribution in [3.8, 4) is 5.75 Å². The van der Waals surface area contributed by atoms with Crippen molar-refractivity contribution in [2.75, 3.05) is 6.61 Å². The lowest BCUT2D eigenvalue weighted by atomic mass is 10.1. The van der Waals surface area contributed by atoms with E-state index in [0.29, 0.717) is 15.8 Å². The van der Waals surface area contributed by atoms with Crippen molar-refractivity contribution >= 4 is 34.8 Å². The van der Waals surface area contributed by atoms with Crippen LogP contribution in [-0.2, 0) is 11.2 Å². The fourth-order valence-electron chi connectivity index (χ4n) is 2.18. The number of carbonyl (C=O) groups is 1. The van der Waals surface area contributed by atoms with Gasteiger partial charge >= 0.3 is 0 Å². The van der Waals surface area contributed by atoms with Crippen molar-refractivity contribution in [1.82, 2.24) is 5.43 Å². The molecular weight excluding hydrogens is 359 g/mol. The van der Waals surface area contributed by atoms with Gasteiger partial charge in [0.1, 0.15) is 5.75 Å². The Hall–Kier alpha value is -2.04. The predicted octanol–water partition coefficient (Wildman–Crippen LogP) is 4.87. The van der Waals surface area contributed by atoms with Crippen LogP contribution in [0, 0.1) is 0 Å². The fourth-order valence-corrected chi connectivity index (χ4v) is 2.64. The minimum Gasteiger partial charge on any atom is -0.482 e. The zero-order valence-corrected chi connectivity index (χ0v) is 15.7. The zero-order valence-electron chi connectivity index (χ0n) is 14.2. The third-order valence-corrected chi connectivity index (χ3v) is 4.04. The summed E-state index contributed by atoms with van der Waals surface area (Å²) < 4.78 is 5.36. The number of benzene rings is 2. The van der Waals surface area contributed by atoms with Crippen LogP contribution in [0.1, 0.15) is 31.4 Å². The average Bonchev–Trinajstić information content (AvgIpc) is 2.60. The molecule has 25 heavy (non-hydrogen) atoms. The number of hydrogen-bond donors (Lipinski definition) is 1. The fraction of sp³-hybridized carbons (Fsp3) is 0.263. The molecule has 0 heterocycles. The van der Waals surface area contributed by atoms with Gasteiger partial charge in [0.05, 0.1) is 10.7 Å². The van der Waals surface area contributed by atoms with E-state index in [9.17, 15) is 4.79 Å². The van der Waals surface area contributed by atoms with Gasteiger partial charge in [0.15, 0.2) is 6.61 Å². The van der Waals surface area contributed by atoms with Gasteiger partial charge in [-0.1, -0.05) is 60.8 Å². The van der Waals surface area contributed by atoms with E-state index in [1.165, 1.54) is 5.56 Å². The molecule has 2 aromatic rings. The highest BCUT2D eigenvalue weighted by atomic mass is 35.5. The molecule has 6 heteroatoms. The van der Waals surface area contributed by atoms with Crippen LogP contribution in [0.15, 0.2) is 47.6 Å². The maximum absolute atomic E-state index is 11.9. The van der Waals surface area contributed by atoms with E-state index in [4.69, 9.17) is 27.9 Å². The van der Waals surface area contributed by atoms with E-state index in [2.05, 4.69) is 29.6 Å². The van der Waals surface area contributed by atoms with Gasteiger partial charge in [0.2, 0.25) is 0 Å². The maximum Gasteiger partial charge on any atom is 0.277 e. The normalized spacial score (nSPS) is 11.3. The second-order valence-electron chi connectivity index (χ2n) is 5.54. The van der Waals surface area contributed by atoms with Gasteiger partial charge in [-0.3, -0.25) is 4.79 Å². The van der Waals surface area contributed by atoms with E-state index < -0.39 is 0 Å². The Morgan fingerprint density at radius 2 is 1.88 bits per heavy atom. The molecule has 0 spiro atoms. The Kier molecular flexibility index (Phi) is 7.29. The van der Waals surface area contributed by atoms with Crippen LogP contribution in [-0.4, -0.2) is 18.2 Å². The molecule has 0 aliphatic rings. The minimum absolute atomic E-state index is 0.187. The molecule has 0 atom stereocenters. The number of halogens is 2. The van der Waals surface area contributed by atoms with Gasteiger partial charge in [-0.2, -0.15) is 5.10 Å². The lowest BCUT2D eigenvalue weighted by molar-refractivity contribution is -0.123. The van der Waals surface area contributed by atoms with Crippen LogP contribution in [0.2, 0.25) is 10.0 Å². The van der Waals surface area contributed by atoms with Crippen molar-refractivity contribution < 1.29 is 9.53 Å². The van der Waals surface area contributed by atoms with Crippen LogP contribution in [0.3, 0.4) is 0 Å². The minimum atomic E-state index is -0.368. The number of rotatable bonds is 7. The van der Waals surface area contributed by atoms with E-state index in [1.807, 2.05) is 19.1 Å². The van der Waals surface area contributed by atoms with Gasteiger partial charge in [-0.05, 0) is 42.7 Å². The van der Waals surface area contributed by atoms with E-state index in [1.54, 1.807) is 18.2 Å². The number of aryl methyl sites for hydroxylation is 1. The second-order valence-corrected chi connectivity index (χ2v) is 6.39. The number of hydrazone groups is 1. The predicted molar refractivity (Wildman–Crippen MR) is 103 cm³/mol. The number of nitrogens with zero attached hydrogens (tertiary/aromatic N) is 1. The Bertz CT molecular complexity index is 759. The highest BCUT2D eigenvalue weighted by Crippen LogP contribution is 2.27. The van der Waals surface area contributed by atoms with Crippen molar-refractivity contribution in [1.29, 1.82) is 0 Å². The number of ether oxygens (including phenoxy) is 1. The summed E-state index contributed by atoms with van der Waals surface area (Å²) in [5.74, 6) is 0.0291. The smallest absolute Gasteiger partial charge is 0.277 e. The van der Waals surface area contributed by atoms with E-state index in [-0.39, 0.29) is 12.5 Å². The Morgan fingerprint density at radius 3 is 2.52 bits per heavy atom. The van der Waals surface area contributed by atoms with Crippen molar-refractivity contribution in [3.05, 3.63) is 63.6 Å². The summed E-state index contributed by atoms with van der Waals surface area (Å²) in [7, 11) is 0. The third-order valence-electron chi connectivity index (χ3n) is 3.51. The van der Waals surface area contributed by atoms with Gasteiger partial charge in [0, 0.05) is 5.02 Å². The SMILES string of the molecule is CCCc1ccc(/C(C)=N/NC(=O)COc2ccc(Cl)cc2Cl)cc1. The summed E-state index contributed by atoms with van der Waals surface area (Å²) in [5.41, 5.74) is 5.45. The summed E-state index contributed by atoms with van der Waals surface area (Å²) in [4.78, 5) is 11.9. The maximum atomic E-state index is 11.9. The molecular formula is C19H20Cl2N2O2. The molecule has 0 saturated carbocycles. The van der Waals surface area contributed by atoms with Crippen LogP contribution in [0.4, 0.5) is 0 Å². The molecule has 0 aliphatic heterocycles. The lowest BCUT2D eigenvalue weighted by Gasteiger charge is -2.08. The molecule has 2 rings (SSSR count). The Balaban J connectivity index is 1.88. The molecule has 0 saturated heterocycles. The van der Waals surface area contributed by atoms with E-state index >= 15 is 0 Å². The molecule has 0 unspecified atom stereocenters.